The number of benzene rings is 2. The van der Waals surface area contributed by atoms with Crippen molar-refractivity contribution in [3.8, 4) is 0 Å². The van der Waals surface area contributed by atoms with E-state index in [-0.39, 0.29) is 18.1 Å². The van der Waals surface area contributed by atoms with E-state index in [0.29, 0.717) is 5.56 Å². The molecule has 1 amide bonds. The van der Waals surface area contributed by atoms with Crippen LogP contribution in [0.15, 0.2) is 48.5 Å². The van der Waals surface area contributed by atoms with Crippen LogP contribution in [0.2, 0.25) is 0 Å². The van der Waals surface area contributed by atoms with Crippen molar-refractivity contribution in [1.82, 2.24) is 0 Å². The number of carbonyl (C=O) groups excluding carboxylic acids is 1. The first kappa shape index (κ1) is 13.7. The summed E-state index contributed by atoms with van der Waals surface area (Å²) >= 11 is 3.36. The van der Waals surface area contributed by atoms with E-state index >= 15 is 0 Å². The van der Waals surface area contributed by atoms with Gasteiger partial charge in [-0.05, 0) is 29.3 Å². The summed E-state index contributed by atoms with van der Waals surface area (Å²) in [4.78, 5) is 11.8. The van der Waals surface area contributed by atoms with E-state index in [1.807, 2.05) is 24.3 Å². The summed E-state index contributed by atoms with van der Waals surface area (Å²) in [6, 6.07) is 13.8. The molecule has 0 aliphatic heterocycles. The lowest BCUT2D eigenvalue weighted by molar-refractivity contribution is -0.115. The summed E-state index contributed by atoms with van der Waals surface area (Å²) in [7, 11) is 0. The smallest absolute Gasteiger partial charge is 0.228 e. The first-order valence-corrected chi connectivity index (χ1v) is 6.99. The van der Waals surface area contributed by atoms with Gasteiger partial charge in [0.05, 0.1) is 6.42 Å². The van der Waals surface area contributed by atoms with Gasteiger partial charge >= 0.3 is 0 Å². The Bertz CT molecular complexity index is 586. The van der Waals surface area contributed by atoms with Crippen molar-refractivity contribution in [2.75, 3.05) is 5.32 Å². The maximum Gasteiger partial charge on any atom is 0.228 e. The molecule has 2 aromatic rings. The Balaban J connectivity index is 2.03. The van der Waals surface area contributed by atoms with Crippen molar-refractivity contribution in [1.29, 1.82) is 0 Å². The van der Waals surface area contributed by atoms with Crippen LogP contribution < -0.4 is 5.32 Å². The SMILES string of the molecule is O=C(Cc1ccccc1F)Nc1cccc(CBr)c1. The molecular formula is C15H13BrFNO. The number of nitrogens with one attached hydrogen (secondary N) is 1. The maximum atomic E-state index is 13.4. The summed E-state index contributed by atoms with van der Waals surface area (Å²) in [6.07, 6.45) is 0.0329. The Morgan fingerprint density at radius 2 is 1.95 bits per heavy atom. The molecule has 2 aromatic carbocycles. The molecule has 0 fully saturated rings. The number of hydrogen-bond acceptors (Lipinski definition) is 1. The van der Waals surface area contributed by atoms with Gasteiger partial charge in [0.15, 0.2) is 0 Å². The molecule has 0 spiro atoms. The second-order valence-electron chi connectivity index (χ2n) is 4.15. The summed E-state index contributed by atoms with van der Waals surface area (Å²) in [5.41, 5.74) is 2.19. The number of carbonyl (C=O) groups is 1. The fraction of sp³-hybridized carbons (Fsp3) is 0.133. The van der Waals surface area contributed by atoms with E-state index < -0.39 is 0 Å². The molecule has 0 unspecified atom stereocenters. The van der Waals surface area contributed by atoms with Gasteiger partial charge in [0.2, 0.25) is 5.91 Å². The first-order chi connectivity index (χ1) is 9.19. The van der Waals surface area contributed by atoms with Crippen LogP contribution in [0.25, 0.3) is 0 Å². The summed E-state index contributed by atoms with van der Waals surface area (Å²) in [5, 5.41) is 3.49. The van der Waals surface area contributed by atoms with Gasteiger partial charge in [0.25, 0.3) is 0 Å². The molecule has 0 radical (unpaired) electrons. The van der Waals surface area contributed by atoms with Crippen LogP contribution in [0.5, 0.6) is 0 Å². The third kappa shape index (κ3) is 3.89. The number of halogens is 2. The molecule has 0 aliphatic carbocycles. The molecule has 0 aliphatic rings. The molecule has 0 heterocycles. The third-order valence-corrected chi connectivity index (χ3v) is 3.32. The Kier molecular flexibility index (Phi) is 4.68. The van der Waals surface area contributed by atoms with Crippen molar-refractivity contribution in [3.05, 3.63) is 65.5 Å². The zero-order valence-electron chi connectivity index (χ0n) is 10.2. The van der Waals surface area contributed by atoms with Gasteiger partial charge in [0, 0.05) is 11.0 Å². The van der Waals surface area contributed by atoms with Gasteiger partial charge < -0.3 is 5.32 Å². The minimum absolute atomic E-state index is 0.0329. The van der Waals surface area contributed by atoms with Crippen LogP contribution in [0.1, 0.15) is 11.1 Å². The van der Waals surface area contributed by atoms with E-state index in [0.717, 1.165) is 16.6 Å². The van der Waals surface area contributed by atoms with Gasteiger partial charge in [0.1, 0.15) is 5.82 Å². The zero-order chi connectivity index (χ0) is 13.7. The van der Waals surface area contributed by atoms with Crippen LogP contribution in [-0.2, 0) is 16.5 Å². The molecular weight excluding hydrogens is 309 g/mol. The van der Waals surface area contributed by atoms with Crippen molar-refractivity contribution in [2.24, 2.45) is 0 Å². The van der Waals surface area contributed by atoms with Gasteiger partial charge in [-0.15, -0.1) is 0 Å². The number of alkyl halides is 1. The Labute approximate surface area is 119 Å². The predicted molar refractivity (Wildman–Crippen MR) is 77.8 cm³/mol. The fourth-order valence-electron chi connectivity index (χ4n) is 1.75. The van der Waals surface area contributed by atoms with E-state index in [2.05, 4.69) is 21.2 Å². The van der Waals surface area contributed by atoms with Crippen LogP contribution >= 0.6 is 15.9 Å². The fourth-order valence-corrected chi connectivity index (χ4v) is 2.10. The minimum atomic E-state index is -0.355. The average molecular weight is 322 g/mol. The van der Waals surface area contributed by atoms with E-state index in [1.165, 1.54) is 6.07 Å². The topological polar surface area (TPSA) is 29.1 Å². The molecule has 2 rings (SSSR count). The molecule has 0 aromatic heterocycles. The van der Waals surface area contributed by atoms with Crippen LogP contribution in [-0.4, -0.2) is 5.91 Å². The molecule has 98 valence electrons. The molecule has 4 heteroatoms. The average Bonchev–Trinajstić information content (AvgIpc) is 2.41. The number of hydrogen-bond donors (Lipinski definition) is 1. The highest BCUT2D eigenvalue weighted by atomic mass is 79.9. The largest absolute Gasteiger partial charge is 0.326 e. The van der Waals surface area contributed by atoms with Crippen molar-refractivity contribution in [3.63, 3.8) is 0 Å². The Morgan fingerprint density at radius 1 is 1.16 bits per heavy atom. The lowest BCUT2D eigenvalue weighted by Crippen LogP contribution is -2.15. The molecule has 2 nitrogen and oxygen atoms in total. The van der Waals surface area contributed by atoms with Crippen LogP contribution in [0, 0.1) is 5.82 Å². The third-order valence-electron chi connectivity index (χ3n) is 2.67. The number of amides is 1. The van der Waals surface area contributed by atoms with Gasteiger partial charge in [-0.25, -0.2) is 4.39 Å². The predicted octanol–water partition coefficient (Wildman–Crippen LogP) is 3.90. The van der Waals surface area contributed by atoms with Gasteiger partial charge in [-0.3, -0.25) is 4.79 Å². The van der Waals surface area contributed by atoms with Gasteiger partial charge in [-0.1, -0.05) is 46.3 Å². The van der Waals surface area contributed by atoms with E-state index in [4.69, 9.17) is 0 Å². The van der Waals surface area contributed by atoms with Crippen molar-refractivity contribution < 1.29 is 9.18 Å². The quantitative estimate of drug-likeness (QED) is 0.850. The first-order valence-electron chi connectivity index (χ1n) is 5.87. The summed E-state index contributed by atoms with van der Waals surface area (Å²) in [6.45, 7) is 0. The van der Waals surface area contributed by atoms with Crippen LogP contribution in [0.4, 0.5) is 10.1 Å². The van der Waals surface area contributed by atoms with E-state index in [9.17, 15) is 9.18 Å². The summed E-state index contributed by atoms with van der Waals surface area (Å²) < 4.78 is 13.4. The Morgan fingerprint density at radius 3 is 2.68 bits per heavy atom. The van der Waals surface area contributed by atoms with Gasteiger partial charge in [-0.2, -0.15) is 0 Å². The summed E-state index contributed by atoms with van der Waals surface area (Å²) in [5.74, 6) is -0.580. The molecule has 0 saturated heterocycles. The molecule has 0 atom stereocenters. The highest BCUT2D eigenvalue weighted by molar-refractivity contribution is 9.08. The molecule has 19 heavy (non-hydrogen) atoms. The van der Waals surface area contributed by atoms with Crippen molar-refractivity contribution in [2.45, 2.75) is 11.8 Å². The molecule has 0 bridgehead atoms. The minimum Gasteiger partial charge on any atom is -0.326 e. The zero-order valence-corrected chi connectivity index (χ0v) is 11.8. The second-order valence-corrected chi connectivity index (χ2v) is 4.71. The van der Waals surface area contributed by atoms with Crippen LogP contribution in [0.3, 0.4) is 0 Å². The maximum absolute atomic E-state index is 13.4. The lowest BCUT2D eigenvalue weighted by Gasteiger charge is -2.07. The Hall–Kier alpha value is -1.68. The number of rotatable bonds is 4. The highest BCUT2D eigenvalue weighted by Gasteiger charge is 2.08. The second kappa shape index (κ2) is 6.48. The highest BCUT2D eigenvalue weighted by Crippen LogP contribution is 2.14. The van der Waals surface area contributed by atoms with E-state index in [1.54, 1.807) is 18.2 Å². The number of anilines is 1. The molecule has 1 N–H and O–H groups in total. The molecule has 0 saturated carbocycles. The normalized spacial score (nSPS) is 10.2. The standard InChI is InChI=1S/C15H13BrFNO/c16-10-11-4-3-6-13(8-11)18-15(19)9-12-5-1-2-7-14(12)17/h1-8H,9-10H2,(H,18,19). The lowest BCUT2D eigenvalue weighted by atomic mass is 10.1. The van der Waals surface area contributed by atoms with Crippen molar-refractivity contribution >= 4 is 27.5 Å². The monoisotopic (exact) mass is 321 g/mol.